The summed E-state index contributed by atoms with van der Waals surface area (Å²) in [7, 11) is 0. The number of anilines is 2. The van der Waals surface area contributed by atoms with Crippen LogP contribution in [0.25, 0.3) is 11.2 Å². The van der Waals surface area contributed by atoms with Crippen molar-refractivity contribution in [1.29, 1.82) is 0 Å². The molecule has 5 rings (SSSR count). The van der Waals surface area contributed by atoms with Crippen molar-refractivity contribution in [3.8, 4) is 0 Å². The van der Waals surface area contributed by atoms with Crippen molar-refractivity contribution in [2.24, 2.45) is 0 Å². The summed E-state index contributed by atoms with van der Waals surface area (Å²) in [5.74, 6) is 0.767. The topological polar surface area (TPSA) is 102 Å². The molecule has 2 N–H and O–H groups in total. The molecular formula is C19H17N7OS. The highest BCUT2D eigenvalue weighted by Gasteiger charge is 2.24. The van der Waals surface area contributed by atoms with E-state index in [0.29, 0.717) is 17.9 Å². The quantitative estimate of drug-likeness (QED) is 0.484. The molecular weight excluding hydrogens is 374 g/mol. The number of fused-ring (bicyclic) bond motifs is 3. The molecule has 0 radical (unpaired) electrons. The van der Waals surface area contributed by atoms with E-state index in [1.807, 2.05) is 4.57 Å². The van der Waals surface area contributed by atoms with Gasteiger partial charge in [0.15, 0.2) is 11.5 Å². The first kappa shape index (κ1) is 17.1. The highest BCUT2D eigenvalue weighted by atomic mass is 32.2. The minimum absolute atomic E-state index is 0.561. The van der Waals surface area contributed by atoms with Crippen molar-refractivity contribution in [2.75, 3.05) is 5.32 Å². The maximum atomic E-state index is 10.5. The molecule has 0 spiro atoms. The largest absolute Gasteiger partial charge is 0.384 e. The van der Waals surface area contributed by atoms with Gasteiger partial charge in [-0.25, -0.2) is 24.9 Å². The van der Waals surface area contributed by atoms with E-state index >= 15 is 0 Å². The monoisotopic (exact) mass is 391 g/mol. The van der Waals surface area contributed by atoms with Crippen LogP contribution in [-0.4, -0.2) is 34.6 Å². The van der Waals surface area contributed by atoms with Gasteiger partial charge in [-0.15, -0.1) is 0 Å². The summed E-state index contributed by atoms with van der Waals surface area (Å²) in [5.41, 5.74) is 2.87. The van der Waals surface area contributed by atoms with E-state index in [2.05, 4.69) is 48.4 Å². The lowest BCUT2D eigenvalue weighted by Gasteiger charge is -2.20. The first-order valence-corrected chi connectivity index (χ1v) is 9.58. The predicted molar refractivity (Wildman–Crippen MR) is 106 cm³/mol. The van der Waals surface area contributed by atoms with Gasteiger partial charge in [0.25, 0.3) is 0 Å². The molecule has 0 amide bonds. The minimum atomic E-state index is -1.09. The van der Waals surface area contributed by atoms with E-state index in [1.165, 1.54) is 6.33 Å². The zero-order valence-corrected chi connectivity index (χ0v) is 16.1. The van der Waals surface area contributed by atoms with Crippen molar-refractivity contribution in [3.63, 3.8) is 0 Å². The van der Waals surface area contributed by atoms with Crippen LogP contribution in [-0.2, 0) is 12.1 Å². The number of rotatable bonds is 3. The average molecular weight is 391 g/mol. The van der Waals surface area contributed by atoms with Gasteiger partial charge in [-0.05, 0) is 31.5 Å². The molecule has 0 saturated heterocycles. The summed E-state index contributed by atoms with van der Waals surface area (Å²) in [6.07, 6.45) is 6.54. The van der Waals surface area contributed by atoms with E-state index in [0.717, 1.165) is 32.5 Å². The maximum Gasteiger partial charge on any atom is 0.181 e. The second kappa shape index (κ2) is 6.25. The lowest BCUT2D eigenvalue weighted by molar-refractivity contribution is 0.0751. The number of hydrogen-bond acceptors (Lipinski definition) is 8. The Morgan fingerprint density at radius 2 is 1.96 bits per heavy atom. The average Bonchev–Trinajstić information content (AvgIpc) is 3.08. The van der Waals surface area contributed by atoms with E-state index < -0.39 is 5.60 Å². The smallest absolute Gasteiger partial charge is 0.181 e. The fourth-order valence-electron chi connectivity index (χ4n) is 3.25. The number of aromatic nitrogens is 6. The Labute approximate surface area is 165 Å². The Kier molecular flexibility index (Phi) is 3.81. The Morgan fingerprint density at radius 3 is 2.82 bits per heavy atom. The number of nitrogens with zero attached hydrogens (tertiary/aromatic N) is 6. The molecule has 0 saturated carbocycles. The first-order chi connectivity index (χ1) is 13.5. The highest BCUT2D eigenvalue weighted by Crippen LogP contribution is 2.42. The van der Waals surface area contributed by atoms with Crippen LogP contribution in [0.3, 0.4) is 0 Å². The van der Waals surface area contributed by atoms with Crippen molar-refractivity contribution in [2.45, 2.75) is 35.9 Å². The van der Waals surface area contributed by atoms with Gasteiger partial charge in [-0.3, -0.25) is 0 Å². The van der Waals surface area contributed by atoms with Crippen LogP contribution < -0.4 is 5.32 Å². The van der Waals surface area contributed by atoms with Gasteiger partial charge in [0, 0.05) is 23.8 Å². The molecule has 4 aromatic rings. The molecule has 0 unspecified atom stereocenters. The summed E-state index contributed by atoms with van der Waals surface area (Å²) < 4.78 is 1.97. The second-order valence-corrected chi connectivity index (χ2v) is 8.12. The first-order valence-electron chi connectivity index (χ1n) is 8.76. The summed E-state index contributed by atoms with van der Waals surface area (Å²) >= 11 is 1.60. The van der Waals surface area contributed by atoms with Gasteiger partial charge < -0.3 is 15.0 Å². The van der Waals surface area contributed by atoms with E-state index in [4.69, 9.17) is 0 Å². The molecule has 0 fully saturated rings. The van der Waals surface area contributed by atoms with Gasteiger partial charge in [-0.1, -0.05) is 17.8 Å². The Balaban J connectivity index is 1.52. The van der Waals surface area contributed by atoms with Crippen molar-refractivity contribution >= 4 is 34.4 Å². The number of nitrogens with one attached hydrogen (secondary N) is 1. The lowest BCUT2D eigenvalue weighted by atomic mass is 10.0. The van der Waals surface area contributed by atoms with E-state index in [9.17, 15) is 5.11 Å². The van der Waals surface area contributed by atoms with Gasteiger partial charge in [0.05, 0.1) is 12.0 Å². The molecule has 4 heterocycles. The minimum Gasteiger partial charge on any atom is -0.384 e. The van der Waals surface area contributed by atoms with Crippen LogP contribution in [0.15, 0.2) is 53.2 Å². The molecule has 9 heteroatoms. The van der Waals surface area contributed by atoms with Crippen LogP contribution in [0.4, 0.5) is 11.5 Å². The summed E-state index contributed by atoms with van der Waals surface area (Å²) in [4.78, 5) is 22.7. The fraction of sp³-hybridized carbons (Fsp3) is 0.211. The predicted octanol–water partition coefficient (Wildman–Crippen LogP) is 3.10. The Morgan fingerprint density at radius 1 is 1.11 bits per heavy atom. The molecule has 3 aromatic heterocycles. The van der Waals surface area contributed by atoms with E-state index in [-0.39, 0.29) is 0 Å². The van der Waals surface area contributed by atoms with Crippen molar-refractivity contribution in [3.05, 3.63) is 54.5 Å². The molecule has 0 atom stereocenters. The van der Waals surface area contributed by atoms with Crippen molar-refractivity contribution in [1.82, 2.24) is 29.5 Å². The van der Waals surface area contributed by atoms with Crippen LogP contribution >= 0.6 is 11.8 Å². The SMILES string of the molecule is CC(C)(O)c1ncnc2ncn(Cc3ccc4c(c3)Nc3nccnc3S4)c12. The zero-order valence-electron chi connectivity index (χ0n) is 15.3. The van der Waals surface area contributed by atoms with Crippen LogP contribution in [0.5, 0.6) is 0 Å². The zero-order chi connectivity index (χ0) is 19.3. The molecule has 1 aliphatic heterocycles. The summed E-state index contributed by atoms with van der Waals surface area (Å²) in [5, 5.41) is 14.7. The molecule has 0 aliphatic carbocycles. The molecule has 0 bridgehead atoms. The standard InChI is InChI=1S/C19H17N7OS/c1-19(2,27)15-14-16(23-9-22-15)24-10-26(14)8-11-3-4-13-12(7-11)25-17-18(28-13)21-6-5-20-17/h3-7,9-10,27H,8H2,1-2H3,(H,20,25). The van der Waals surface area contributed by atoms with Crippen molar-refractivity contribution < 1.29 is 5.11 Å². The number of hydrogen-bond donors (Lipinski definition) is 2. The van der Waals surface area contributed by atoms with Crippen LogP contribution in [0.1, 0.15) is 25.1 Å². The number of aliphatic hydroxyl groups is 1. The number of benzene rings is 1. The summed E-state index contributed by atoms with van der Waals surface area (Å²) in [6.45, 7) is 4.01. The molecule has 8 nitrogen and oxygen atoms in total. The fourth-order valence-corrected chi connectivity index (χ4v) is 4.13. The lowest BCUT2D eigenvalue weighted by Crippen LogP contribution is -2.19. The third-order valence-corrected chi connectivity index (χ3v) is 5.58. The van der Waals surface area contributed by atoms with Gasteiger partial charge in [0.2, 0.25) is 0 Å². The molecule has 1 aliphatic rings. The molecule has 28 heavy (non-hydrogen) atoms. The highest BCUT2D eigenvalue weighted by molar-refractivity contribution is 7.99. The second-order valence-electron chi connectivity index (χ2n) is 7.09. The van der Waals surface area contributed by atoms with Gasteiger partial charge >= 0.3 is 0 Å². The molecule has 140 valence electrons. The van der Waals surface area contributed by atoms with Gasteiger partial charge in [-0.2, -0.15) is 0 Å². The normalized spacial score (nSPS) is 13.1. The Hall–Kier alpha value is -3.04. The van der Waals surface area contributed by atoms with Crippen LogP contribution in [0.2, 0.25) is 0 Å². The molecule has 1 aromatic carbocycles. The van der Waals surface area contributed by atoms with Gasteiger partial charge in [0.1, 0.15) is 28.2 Å². The van der Waals surface area contributed by atoms with E-state index in [1.54, 1.807) is 44.3 Å². The maximum absolute atomic E-state index is 10.5. The third-order valence-electron chi connectivity index (χ3n) is 4.51. The van der Waals surface area contributed by atoms with Crippen LogP contribution in [0, 0.1) is 0 Å². The number of imidazole rings is 1. The summed E-state index contributed by atoms with van der Waals surface area (Å²) in [6, 6.07) is 6.25. The Bertz CT molecular complexity index is 1200. The third kappa shape index (κ3) is 2.88.